The third kappa shape index (κ3) is 6.14. The first-order chi connectivity index (χ1) is 11.2. The molecular weight excluding hydrogens is 306 g/mol. The van der Waals surface area contributed by atoms with Crippen LogP contribution in [0, 0.1) is 19.8 Å². The average Bonchev–Trinajstić information content (AvgIpc) is 2.53. The molecule has 1 amide bonds. The number of Topliss-reactive ketones (excluding diaryl/α,β-unsaturated/α-hetero) is 1. The number of methoxy groups -OCH3 is 1. The molecule has 0 saturated heterocycles. The third-order valence-electron chi connectivity index (χ3n) is 3.94. The highest BCUT2D eigenvalue weighted by Crippen LogP contribution is 2.13. The number of carbonyl (C=O) groups excluding carboxylic acids is 3. The molecule has 132 valence electrons. The van der Waals surface area contributed by atoms with Crippen LogP contribution in [0.5, 0.6) is 0 Å². The molecule has 5 heteroatoms. The predicted octanol–water partition coefficient (Wildman–Crippen LogP) is 2.97. The van der Waals surface area contributed by atoms with E-state index in [9.17, 15) is 14.4 Å². The highest BCUT2D eigenvalue weighted by Gasteiger charge is 2.22. The van der Waals surface area contributed by atoms with Crippen LogP contribution >= 0.6 is 0 Å². The van der Waals surface area contributed by atoms with Gasteiger partial charge in [-0.3, -0.25) is 9.59 Å². The van der Waals surface area contributed by atoms with Crippen molar-refractivity contribution < 1.29 is 19.1 Å². The lowest BCUT2D eigenvalue weighted by Crippen LogP contribution is -2.42. The second kappa shape index (κ2) is 9.21. The summed E-state index contributed by atoms with van der Waals surface area (Å²) >= 11 is 0. The Hall–Kier alpha value is -2.17. The van der Waals surface area contributed by atoms with Crippen molar-refractivity contribution in [3.8, 4) is 0 Å². The molecular formula is C19H27NO4. The van der Waals surface area contributed by atoms with E-state index in [4.69, 9.17) is 4.74 Å². The minimum Gasteiger partial charge on any atom is -0.467 e. The number of hydrogen-bond donors (Lipinski definition) is 1. The SMILES string of the molecule is COC(=O)C(CC(C)C)NC(=O)CCC(=O)c1ccc(C)c(C)c1. The van der Waals surface area contributed by atoms with Crippen LogP contribution in [-0.2, 0) is 14.3 Å². The molecule has 0 aliphatic heterocycles. The molecule has 0 fully saturated rings. The Morgan fingerprint density at radius 1 is 1.08 bits per heavy atom. The van der Waals surface area contributed by atoms with E-state index in [1.54, 1.807) is 6.07 Å². The molecule has 0 saturated carbocycles. The van der Waals surface area contributed by atoms with Crippen molar-refractivity contribution in [1.29, 1.82) is 0 Å². The summed E-state index contributed by atoms with van der Waals surface area (Å²) in [6.45, 7) is 7.86. The van der Waals surface area contributed by atoms with Gasteiger partial charge in [0.2, 0.25) is 5.91 Å². The van der Waals surface area contributed by atoms with Crippen molar-refractivity contribution in [3.63, 3.8) is 0 Å². The lowest BCUT2D eigenvalue weighted by molar-refractivity contribution is -0.145. The first-order valence-corrected chi connectivity index (χ1v) is 8.22. The molecule has 0 spiro atoms. The molecule has 1 aromatic rings. The molecule has 0 aliphatic carbocycles. The smallest absolute Gasteiger partial charge is 0.328 e. The van der Waals surface area contributed by atoms with Crippen molar-refractivity contribution in [2.75, 3.05) is 7.11 Å². The average molecular weight is 333 g/mol. The van der Waals surface area contributed by atoms with Crippen molar-refractivity contribution in [2.45, 2.75) is 53.0 Å². The van der Waals surface area contributed by atoms with E-state index in [0.717, 1.165) is 11.1 Å². The Labute approximate surface area is 143 Å². The molecule has 0 aliphatic rings. The maximum absolute atomic E-state index is 12.2. The first kappa shape index (κ1) is 19.9. The highest BCUT2D eigenvalue weighted by molar-refractivity contribution is 5.98. The minimum absolute atomic E-state index is 0.0529. The summed E-state index contributed by atoms with van der Waals surface area (Å²) < 4.78 is 4.71. The molecule has 1 unspecified atom stereocenters. The zero-order valence-corrected chi connectivity index (χ0v) is 15.1. The van der Waals surface area contributed by atoms with Gasteiger partial charge < -0.3 is 10.1 Å². The molecule has 24 heavy (non-hydrogen) atoms. The molecule has 1 N–H and O–H groups in total. The number of aryl methyl sites for hydroxylation is 2. The maximum Gasteiger partial charge on any atom is 0.328 e. The number of esters is 1. The number of ether oxygens (including phenoxy) is 1. The largest absolute Gasteiger partial charge is 0.467 e. The second-order valence-corrected chi connectivity index (χ2v) is 6.50. The van der Waals surface area contributed by atoms with Crippen molar-refractivity contribution in [2.24, 2.45) is 5.92 Å². The summed E-state index contributed by atoms with van der Waals surface area (Å²) in [6, 6.07) is 4.85. The zero-order valence-electron chi connectivity index (χ0n) is 15.1. The fraction of sp³-hybridized carbons (Fsp3) is 0.526. The summed E-state index contributed by atoms with van der Waals surface area (Å²) in [4.78, 5) is 35.9. The van der Waals surface area contributed by atoms with Crippen LogP contribution in [0.4, 0.5) is 0 Å². The highest BCUT2D eigenvalue weighted by atomic mass is 16.5. The molecule has 1 aromatic carbocycles. The topological polar surface area (TPSA) is 72.5 Å². The van der Waals surface area contributed by atoms with Crippen molar-refractivity contribution in [3.05, 3.63) is 34.9 Å². The first-order valence-electron chi connectivity index (χ1n) is 8.22. The van der Waals surface area contributed by atoms with Gasteiger partial charge in [-0.05, 0) is 43.4 Å². The van der Waals surface area contributed by atoms with Gasteiger partial charge in [0.25, 0.3) is 0 Å². The quantitative estimate of drug-likeness (QED) is 0.586. The van der Waals surface area contributed by atoms with E-state index < -0.39 is 12.0 Å². The number of benzene rings is 1. The van der Waals surface area contributed by atoms with Crippen LogP contribution in [0.3, 0.4) is 0 Å². The van der Waals surface area contributed by atoms with Crippen LogP contribution in [0.2, 0.25) is 0 Å². The number of rotatable bonds is 8. The Morgan fingerprint density at radius 3 is 2.29 bits per heavy atom. The van der Waals surface area contributed by atoms with Gasteiger partial charge in [-0.25, -0.2) is 4.79 Å². The van der Waals surface area contributed by atoms with Gasteiger partial charge >= 0.3 is 5.97 Å². The Morgan fingerprint density at radius 2 is 1.75 bits per heavy atom. The van der Waals surface area contributed by atoms with E-state index >= 15 is 0 Å². The Kier molecular flexibility index (Phi) is 7.62. The van der Waals surface area contributed by atoms with E-state index in [0.29, 0.717) is 12.0 Å². The van der Waals surface area contributed by atoms with Gasteiger partial charge in [-0.1, -0.05) is 26.0 Å². The maximum atomic E-state index is 12.2. The van der Waals surface area contributed by atoms with Gasteiger partial charge in [0, 0.05) is 18.4 Å². The molecule has 1 rings (SSSR count). The fourth-order valence-electron chi connectivity index (χ4n) is 2.38. The van der Waals surface area contributed by atoms with Gasteiger partial charge in [-0.2, -0.15) is 0 Å². The number of amides is 1. The predicted molar refractivity (Wildman–Crippen MR) is 92.9 cm³/mol. The molecule has 0 radical (unpaired) electrons. The number of carbonyl (C=O) groups is 3. The summed E-state index contributed by atoms with van der Waals surface area (Å²) in [7, 11) is 1.30. The van der Waals surface area contributed by atoms with Crippen LogP contribution in [-0.4, -0.2) is 30.8 Å². The van der Waals surface area contributed by atoms with E-state index in [2.05, 4.69) is 5.32 Å². The number of hydrogen-bond acceptors (Lipinski definition) is 4. The molecule has 5 nitrogen and oxygen atoms in total. The summed E-state index contributed by atoms with van der Waals surface area (Å²) in [6.07, 6.45) is 0.671. The number of nitrogens with one attached hydrogen (secondary N) is 1. The number of ketones is 1. The lowest BCUT2D eigenvalue weighted by atomic mass is 10.0. The zero-order chi connectivity index (χ0) is 18.3. The summed E-state index contributed by atoms with van der Waals surface area (Å²) in [5.74, 6) is -0.612. The molecule has 0 bridgehead atoms. The van der Waals surface area contributed by atoms with E-state index in [-0.39, 0.29) is 30.4 Å². The lowest BCUT2D eigenvalue weighted by Gasteiger charge is -2.18. The molecule has 0 heterocycles. The van der Waals surface area contributed by atoms with Crippen LogP contribution in [0.1, 0.15) is 54.6 Å². The van der Waals surface area contributed by atoms with Gasteiger partial charge in [-0.15, -0.1) is 0 Å². The minimum atomic E-state index is -0.667. The normalized spacial score (nSPS) is 11.9. The third-order valence-corrected chi connectivity index (χ3v) is 3.94. The van der Waals surface area contributed by atoms with Gasteiger partial charge in [0.15, 0.2) is 5.78 Å². The molecule has 0 aromatic heterocycles. The van der Waals surface area contributed by atoms with Crippen molar-refractivity contribution in [1.82, 2.24) is 5.32 Å². The van der Waals surface area contributed by atoms with Crippen LogP contribution < -0.4 is 5.32 Å². The van der Waals surface area contributed by atoms with Gasteiger partial charge in [0.05, 0.1) is 7.11 Å². The monoisotopic (exact) mass is 333 g/mol. The van der Waals surface area contributed by atoms with Crippen LogP contribution in [0.25, 0.3) is 0 Å². The Balaban J connectivity index is 2.58. The Bertz CT molecular complexity index is 607. The fourth-order valence-corrected chi connectivity index (χ4v) is 2.38. The molecule has 1 atom stereocenters. The van der Waals surface area contributed by atoms with Crippen LogP contribution in [0.15, 0.2) is 18.2 Å². The van der Waals surface area contributed by atoms with Gasteiger partial charge in [0.1, 0.15) is 6.04 Å². The summed E-state index contributed by atoms with van der Waals surface area (Å²) in [5, 5.41) is 2.66. The van der Waals surface area contributed by atoms with Crippen molar-refractivity contribution >= 4 is 17.7 Å². The standard InChI is InChI=1S/C19H27NO4/c1-12(2)10-16(19(23)24-5)20-18(22)9-8-17(21)15-7-6-13(3)14(4)11-15/h6-7,11-12,16H,8-10H2,1-5H3,(H,20,22). The second-order valence-electron chi connectivity index (χ2n) is 6.50. The summed E-state index contributed by atoms with van der Waals surface area (Å²) in [5.41, 5.74) is 2.78. The van der Waals surface area contributed by atoms with E-state index in [1.807, 2.05) is 39.8 Å². The van der Waals surface area contributed by atoms with E-state index in [1.165, 1.54) is 7.11 Å².